The van der Waals surface area contributed by atoms with Gasteiger partial charge in [0, 0.05) is 56.4 Å². The van der Waals surface area contributed by atoms with E-state index in [1.54, 1.807) is 17.0 Å². The summed E-state index contributed by atoms with van der Waals surface area (Å²) in [6.45, 7) is 2.82. The first kappa shape index (κ1) is 29.1. The van der Waals surface area contributed by atoms with Crippen molar-refractivity contribution >= 4 is 35.0 Å². The monoisotopic (exact) mass is 612 g/mol. The van der Waals surface area contributed by atoms with Crippen LogP contribution in [-0.4, -0.2) is 71.5 Å². The van der Waals surface area contributed by atoms with Gasteiger partial charge < -0.3 is 30.2 Å². The molecule has 1 aliphatic carbocycles. The molecular weight excluding hydrogens is 582 g/mol. The van der Waals surface area contributed by atoms with E-state index in [2.05, 4.69) is 20.9 Å². The molecule has 3 aromatic rings. The maximum Gasteiger partial charge on any atom is 0.291 e. The second-order valence-electron chi connectivity index (χ2n) is 11.2. The summed E-state index contributed by atoms with van der Waals surface area (Å²) >= 11 is 6.46. The van der Waals surface area contributed by atoms with Crippen LogP contribution in [0.25, 0.3) is 11.3 Å². The molecular formula is C30H31ClF2N6O4. The predicted octanol–water partition coefficient (Wildman–Crippen LogP) is 3.47. The van der Waals surface area contributed by atoms with Gasteiger partial charge in [-0.05, 0) is 55.0 Å². The number of anilines is 1. The van der Waals surface area contributed by atoms with Crippen LogP contribution >= 0.6 is 11.6 Å². The average Bonchev–Trinajstić information content (AvgIpc) is 3.29. The van der Waals surface area contributed by atoms with Crippen molar-refractivity contribution in [2.75, 3.05) is 38.6 Å². The molecule has 1 unspecified atom stereocenters. The lowest BCUT2D eigenvalue weighted by atomic mass is 9.95. The van der Waals surface area contributed by atoms with Gasteiger partial charge in [0.25, 0.3) is 11.8 Å². The smallest absolute Gasteiger partial charge is 0.291 e. The second kappa shape index (κ2) is 11.6. The quantitative estimate of drug-likeness (QED) is 0.376. The Morgan fingerprint density at radius 2 is 1.79 bits per heavy atom. The van der Waals surface area contributed by atoms with E-state index >= 15 is 0 Å². The van der Waals surface area contributed by atoms with Gasteiger partial charge in [-0.2, -0.15) is 4.39 Å². The number of fused-ring (bicyclic) bond motifs is 1. The van der Waals surface area contributed by atoms with Gasteiger partial charge in [-0.3, -0.25) is 14.4 Å². The summed E-state index contributed by atoms with van der Waals surface area (Å²) in [5.74, 6) is -2.32. The summed E-state index contributed by atoms with van der Waals surface area (Å²) in [5.41, 5.74) is 0.730. The number of methoxy groups -OCH3 is 1. The van der Waals surface area contributed by atoms with Gasteiger partial charge in [0.1, 0.15) is 0 Å². The molecule has 3 heterocycles. The minimum atomic E-state index is -1.14. The summed E-state index contributed by atoms with van der Waals surface area (Å²) < 4.78 is 35.0. The molecule has 1 aromatic heterocycles. The average molecular weight is 613 g/mol. The van der Waals surface area contributed by atoms with Gasteiger partial charge >= 0.3 is 0 Å². The molecule has 2 saturated heterocycles. The third kappa shape index (κ3) is 5.45. The van der Waals surface area contributed by atoms with Crippen LogP contribution in [0.5, 0.6) is 5.75 Å². The van der Waals surface area contributed by atoms with Crippen molar-refractivity contribution in [1.82, 2.24) is 25.1 Å². The number of carbonyl (C=O) groups excluding carboxylic acids is 3. The van der Waals surface area contributed by atoms with Crippen LogP contribution < -0.4 is 20.7 Å². The first-order valence-corrected chi connectivity index (χ1v) is 14.5. The minimum Gasteiger partial charge on any atom is -0.494 e. The van der Waals surface area contributed by atoms with Crippen molar-refractivity contribution in [3.63, 3.8) is 0 Å². The fourth-order valence-corrected chi connectivity index (χ4v) is 6.40. The number of halogens is 3. The van der Waals surface area contributed by atoms with Crippen LogP contribution in [0.15, 0.2) is 36.5 Å². The van der Waals surface area contributed by atoms with Crippen LogP contribution in [0.3, 0.4) is 0 Å². The Hall–Kier alpha value is -4.03. The number of carbonyl (C=O) groups is 3. The van der Waals surface area contributed by atoms with Gasteiger partial charge in [0.2, 0.25) is 11.7 Å². The molecule has 3 aliphatic rings. The van der Waals surface area contributed by atoms with E-state index in [0.29, 0.717) is 43.5 Å². The molecule has 2 aliphatic heterocycles. The number of rotatable bonds is 7. The molecule has 0 radical (unpaired) electrons. The number of hydrogen-bond donors (Lipinski definition) is 3. The third-order valence-electron chi connectivity index (χ3n) is 8.74. The van der Waals surface area contributed by atoms with E-state index in [-0.39, 0.29) is 57.2 Å². The summed E-state index contributed by atoms with van der Waals surface area (Å²) in [4.78, 5) is 44.7. The molecule has 1 saturated carbocycles. The lowest BCUT2D eigenvalue weighted by Crippen LogP contribution is -2.44. The molecule has 6 rings (SSSR count). The standard InChI is InChI=1S/C30H31ClF2N6O4/c1-38-22(18-5-6-23(43-2)25(33)24(18)32)14-35-27(38)29(41)36-16-3-4-17(21(31)11-16)30(42)39-9-7-15(8-10-39)28(40)37-26-19-12-34-13-20(19)26/h3-6,11,14-15,19-20,26,34H,7-10,12-13H2,1-2H3,(H,36,41)(H,37,40)/t19-,20+,26?. The topological polar surface area (TPSA) is 118 Å². The zero-order valence-electron chi connectivity index (χ0n) is 23.6. The molecule has 10 nitrogen and oxygen atoms in total. The highest BCUT2D eigenvalue weighted by Gasteiger charge is 2.54. The molecule has 2 aromatic carbocycles. The highest BCUT2D eigenvalue weighted by Crippen LogP contribution is 2.42. The Balaban J connectivity index is 1.06. The van der Waals surface area contributed by atoms with Crippen LogP contribution in [-0.2, 0) is 11.8 Å². The van der Waals surface area contributed by atoms with Crippen molar-refractivity contribution in [2.24, 2.45) is 24.8 Å². The molecule has 13 heteroatoms. The third-order valence-corrected chi connectivity index (χ3v) is 9.06. The van der Waals surface area contributed by atoms with Gasteiger partial charge in [-0.15, -0.1) is 0 Å². The van der Waals surface area contributed by atoms with Crippen molar-refractivity contribution in [1.29, 1.82) is 0 Å². The maximum atomic E-state index is 14.6. The van der Waals surface area contributed by atoms with Crippen LogP contribution in [0.4, 0.5) is 14.5 Å². The number of ether oxygens (including phenoxy) is 1. The Labute approximate surface area is 251 Å². The highest BCUT2D eigenvalue weighted by atomic mass is 35.5. The molecule has 3 atom stereocenters. The zero-order chi connectivity index (χ0) is 30.4. The Morgan fingerprint density at radius 1 is 1.07 bits per heavy atom. The Morgan fingerprint density at radius 3 is 2.47 bits per heavy atom. The molecule has 3 fully saturated rings. The number of amides is 3. The molecule has 0 bridgehead atoms. The number of nitrogens with one attached hydrogen (secondary N) is 3. The number of likely N-dealkylation sites (tertiary alicyclic amines) is 1. The second-order valence-corrected chi connectivity index (χ2v) is 11.6. The highest BCUT2D eigenvalue weighted by molar-refractivity contribution is 6.34. The largest absolute Gasteiger partial charge is 0.494 e. The van der Waals surface area contributed by atoms with Crippen molar-refractivity contribution in [2.45, 2.75) is 18.9 Å². The minimum absolute atomic E-state index is 0.0460. The van der Waals surface area contributed by atoms with Gasteiger partial charge in [0.15, 0.2) is 17.4 Å². The van der Waals surface area contributed by atoms with Crippen molar-refractivity contribution in [3.8, 4) is 17.0 Å². The maximum absolute atomic E-state index is 14.6. The first-order chi connectivity index (χ1) is 20.7. The molecule has 226 valence electrons. The van der Waals surface area contributed by atoms with Crippen LogP contribution in [0.2, 0.25) is 5.02 Å². The fraction of sp³-hybridized carbons (Fsp3) is 0.400. The number of benzene rings is 2. The van der Waals surface area contributed by atoms with Gasteiger partial charge in [-0.25, -0.2) is 9.37 Å². The van der Waals surface area contributed by atoms with Crippen molar-refractivity contribution in [3.05, 3.63) is 64.6 Å². The molecule has 43 heavy (non-hydrogen) atoms. The lowest BCUT2D eigenvalue weighted by Gasteiger charge is -2.31. The van der Waals surface area contributed by atoms with Crippen LogP contribution in [0, 0.1) is 29.4 Å². The Kier molecular flexibility index (Phi) is 7.82. The predicted molar refractivity (Wildman–Crippen MR) is 155 cm³/mol. The molecule has 0 spiro atoms. The fourth-order valence-electron chi connectivity index (χ4n) is 6.14. The zero-order valence-corrected chi connectivity index (χ0v) is 24.4. The van der Waals surface area contributed by atoms with E-state index in [1.807, 2.05) is 0 Å². The molecule has 3 amide bonds. The number of piperidine rings is 2. The molecule has 3 N–H and O–H groups in total. The van der Waals surface area contributed by atoms with Crippen molar-refractivity contribution < 1.29 is 27.9 Å². The number of nitrogens with zero attached hydrogens (tertiary/aromatic N) is 3. The summed E-state index contributed by atoms with van der Waals surface area (Å²) in [5, 5.41) is 9.35. The first-order valence-electron chi connectivity index (χ1n) is 14.1. The summed E-state index contributed by atoms with van der Waals surface area (Å²) in [6.07, 6.45) is 2.44. The summed E-state index contributed by atoms with van der Waals surface area (Å²) in [6, 6.07) is 7.49. The van der Waals surface area contributed by atoms with E-state index in [1.165, 1.54) is 43.1 Å². The lowest BCUT2D eigenvalue weighted by molar-refractivity contribution is -0.126. The number of imidazole rings is 1. The van der Waals surface area contributed by atoms with E-state index < -0.39 is 17.5 Å². The number of aromatic nitrogens is 2. The summed E-state index contributed by atoms with van der Waals surface area (Å²) in [7, 11) is 2.75. The van der Waals surface area contributed by atoms with E-state index in [9.17, 15) is 23.2 Å². The van der Waals surface area contributed by atoms with E-state index in [0.717, 1.165) is 13.1 Å². The van der Waals surface area contributed by atoms with Gasteiger partial charge in [0.05, 0.1) is 29.6 Å². The Bertz CT molecular complexity index is 1600. The van der Waals surface area contributed by atoms with E-state index in [4.69, 9.17) is 16.3 Å². The van der Waals surface area contributed by atoms with Crippen LogP contribution in [0.1, 0.15) is 33.8 Å². The number of hydrogen-bond acceptors (Lipinski definition) is 6. The SMILES string of the molecule is COc1ccc(-c2cnc(C(=O)Nc3ccc(C(=O)N4CCC(C(=O)NC5[C@H]6CNC[C@@H]56)CC4)c(Cl)c3)n2C)c(F)c1F. The normalized spacial score (nSPS) is 21.3. The van der Waals surface area contributed by atoms with Gasteiger partial charge in [-0.1, -0.05) is 11.6 Å².